The van der Waals surface area contributed by atoms with Crippen molar-refractivity contribution in [3.05, 3.63) is 11.6 Å². The number of nitrogens with zero attached hydrogens (tertiary/aromatic N) is 2. The van der Waals surface area contributed by atoms with Crippen LogP contribution in [-0.4, -0.2) is 72.2 Å². The average Bonchev–Trinajstić information content (AvgIpc) is 3.26. The van der Waals surface area contributed by atoms with Crippen LogP contribution in [0.5, 0.6) is 0 Å². The molecule has 5 heteroatoms. The van der Waals surface area contributed by atoms with E-state index in [-0.39, 0.29) is 12.5 Å². The van der Waals surface area contributed by atoms with Gasteiger partial charge in [-0.1, -0.05) is 11.6 Å². The van der Waals surface area contributed by atoms with Crippen molar-refractivity contribution in [2.45, 2.75) is 69.9 Å². The van der Waals surface area contributed by atoms with E-state index in [4.69, 9.17) is 0 Å². The predicted molar refractivity (Wildman–Crippen MR) is 100 cm³/mol. The number of carbonyl (C=O) groups excluding carboxylic acids is 1. The van der Waals surface area contributed by atoms with E-state index in [9.17, 15) is 9.90 Å². The number of likely N-dealkylation sites (tertiary alicyclic amines) is 2. The Balaban J connectivity index is 1.38. The molecule has 2 fully saturated rings. The third-order valence-corrected chi connectivity index (χ3v) is 6.15. The highest BCUT2D eigenvalue weighted by atomic mass is 16.3. The van der Waals surface area contributed by atoms with Crippen LogP contribution in [0.1, 0.15) is 57.8 Å². The van der Waals surface area contributed by atoms with E-state index in [1.165, 1.54) is 50.5 Å². The van der Waals surface area contributed by atoms with Crippen molar-refractivity contribution in [3.63, 3.8) is 0 Å². The predicted octanol–water partition coefficient (Wildman–Crippen LogP) is 1.91. The van der Waals surface area contributed by atoms with Crippen molar-refractivity contribution < 1.29 is 9.90 Å². The number of rotatable bonds is 8. The standard InChI is InChI=1S/C20H35N3O2/c24-16-19-9-5-12-22(19)14-18-8-4-13-23(18)15-20(25)21-11-10-17-6-2-1-3-7-17/h6,18-19,24H,1-5,7-16H2,(H,21,25). The molecule has 0 saturated carbocycles. The number of aliphatic hydroxyl groups is 1. The molecule has 2 N–H and O–H groups in total. The zero-order chi connectivity index (χ0) is 17.5. The molecule has 25 heavy (non-hydrogen) atoms. The Bertz CT molecular complexity index is 466. The van der Waals surface area contributed by atoms with Gasteiger partial charge in [0.2, 0.25) is 5.91 Å². The van der Waals surface area contributed by atoms with Gasteiger partial charge >= 0.3 is 0 Å². The molecule has 0 aromatic rings. The smallest absolute Gasteiger partial charge is 0.234 e. The second kappa shape index (κ2) is 9.70. The van der Waals surface area contributed by atoms with Crippen molar-refractivity contribution in [2.75, 3.05) is 39.3 Å². The molecular weight excluding hydrogens is 314 g/mol. The molecule has 0 radical (unpaired) electrons. The van der Waals surface area contributed by atoms with Crippen molar-refractivity contribution in [1.29, 1.82) is 0 Å². The Kier molecular flexibility index (Phi) is 7.32. The summed E-state index contributed by atoms with van der Waals surface area (Å²) >= 11 is 0. The SMILES string of the molecule is O=C(CN1CCCC1CN1CCCC1CO)NCCC1=CCCCC1. The van der Waals surface area contributed by atoms with Crippen LogP contribution in [0.4, 0.5) is 0 Å². The van der Waals surface area contributed by atoms with Gasteiger partial charge in [-0.3, -0.25) is 14.6 Å². The molecule has 0 spiro atoms. The number of nitrogens with one attached hydrogen (secondary N) is 1. The van der Waals surface area contributed by atoms with Gasteiger partial charge in [0.15, 0.2) is 0 Å². The monoisotopic (exact) mass is 349 g/mol. The van der Waals surface area contributed by atoms with Gasteiger partial charge in [0, 0.05) is 25.2 Å². The summed E-state index contributed by atoms with van der Waals surface area (Å²) in [4.78, 5) is 17.1. The lowest BCUT2D eigenvalue weighted by atomic mass is 9.97. The maximum Gasteiger partial charge on any atom is 0.234 e. The summed E-state index contributed by atoms with van der Waals surface area (Å²) in [6, 6.07) is 0.805. The van der Waals surface area contributed by atoms with E-state index in [0.29, 0.717) is 18.6 Å². The van der Waals surface area contributed by atoms with Crippen LogP contribution < -0.4 is 5.32 Å². The molecule has 3 aliphatic rings. The second-order valence-corrected chi connectivity index (χ2v) is 7.95. The van der Waals surface area contributed by atoms with E-state index in [0.717, 1.165) is 39.0 Å². The Morgan fingerprint density at radius 2 is 1.92 bits per heavy atom. The maximum atomic E-state index is 12.3. The maximum absolute atomic E-state index is 12.3. The summed E-state index contributed by atoms with van der Waals surface area (Å²) in [6.07, 6.45) is 13.1. The lowest BCUT2D eigenvalue weighted by molar-refractivity contribution is -0.122. The van der Waals surface area contributed by atoms with Gasteiger partial charge in [0.1, 0.15) is 0 Å². The third-order valence-electron chi connectivity index (χ3n) is 6.15. The number of amides is 1. The fourth-order valence-corrected chi connectivity index (χ4v) is 4.66. The van der Waals surface area contributed by atoms with Gasteiger partial charge in [0.25, 0.3) is 0 Å². The Labute approximate surface area is 152 Å². The minimum Gasteiger partial charge on any atom is -0.395 e. The number of aliphatic hydroxyl groups excluding tert-OH is 1. The fourth-order valence-electron chi connectivity index (χ4n) is 4.66. The number of hydrogen-bond donors (Lipinski definition) is 2. The first-order chi connectivity index (χ1) is 12.3. The van der Waals surface area contributed by atoms with E-state index < -0.39 is 0 Å². The molecule has 5 nitrogen and oxygen atoms in total. The summed E-state index contributed by atoms with van der Waals surface area (Å²) in [5.74, 6) is 0.170. The molecule has 0 aromatic heterocycles. The molecule has 2 saturated heterocycles. The molecule has 1 aliphatic carbocycles. The van der Waals surface area contributed by atoms with E-state index in [1.807, 2.05) is 0 Å². The molecule has 3 rings (SSSR count). The van der Waals surface area contributed by atoms with Gasteiger partial charge in [-0.25, -0.2) is 0 Å². The topological polar surface area (TPSA) is 55.8 Å². The molecule has 0 aromatic carbocycles. The Hall–Kier alpha value is -0.910. The van der Waals surface area contributed by atoms with Crippen LogP contribution in [0.2, 0.25) is 0 Å². The number of allylic oxidation sites excluding steroid dienone is 1. The van der Waals surface area contributed by atoms with Crippen LogP contribution in [0, 0.1) is 0 Å². The zero-order valence-corrected chi connectivity index (χ0v) is 15.6. The van der Waals surface area contributed by atoms with Gasteiger partial charge in [-0.2, -0.15) is 0 Å². The Morgan fingerprint density at radius 3 is 2.68 bits per heavy atom. The van der Waals surface area contributed by atoms with Crippen LogP contribution in [0.25, 0.3) is 0 Å². The zero-order valence-electron chi connectivity index (χ0n) is 15.6. The van der Waals surface area contributed by atoms with Crippen LogP contribution >= 0.6 is 0 Å². The van der Waals surface area contributed by atoms with Crippen LogP contribution in [0.15, 0.2) is 11.6 Å². The Morgan fingerprint density at radius 1 is 1.12 bits per heavy atom. The van der Waals surface area contributed by atoms with Gasteiger partial charge in [-0.15, -0.1) is 0 Å². The first-order valence-electron chi connectivity index (χ1n) is 10.3. The van der Waals surface area contributed by atoms with Crippen molar-refractivity contribution in [3.8, 4) is 0 Å². The average molecular weight is 350 g/mol. The van der Waals surface area contributed by atoms with E-state index >= 15 is 0 Å². The molecule has 1 amide bonds. The van der Waals surface area contributed by atoms with Crippen LogP contribution in [0.3, 0.4) is 0 Å². The lowest BCUT2D eigenvalue weighted by Crippen LogP contribution is -2.46. The molecule has 2 aliphatic heterocycles. The van der Waals surface area contributed by atoms with E-state index in [2.05, 4.69) is 21.2 Å². The number of carbonyl (C=O) groups is 1. The molecule has 2 atom stereocenters. The quantitative estimate of drug-likeness (QED) is 0.658. The van der Waals surface area contributed by atoms with Gasteiger partial charge in [-0.05, 0) is 70.9 Å². The highest BCUT2D eigenvalue weighted by Gasteiger charge is 2.31. The molecule has 0 bridgehead atoms. The largest absolute Gasteiger partial charge is 0.395 e. The first-order valence-corrected chi connectivity index (χ1v) is 10.3. The second-order valence-electron chi connectivity index (χ2n) is 7.95. The minimum atomic E-state index is 0.170. The normalized spacial score (nSPS) is 28.3. The molecule has 142 valence electrons. The summed E-state index contributed by atoms with van der Waals surface area (Å²) in [7, 11) is 0. The highest BCUT2D eigenvalue weighted by molar-refractivity contribution is 5.78. The highest BCUT2D eigenvalue weighted by Crippen LogP contribution is 2.23. The minimum absolute atomic E-state index is 0.170. The first kappa shape index (κ1) is 18.9. The van der Waals surface area contributed by atoms with Crippen LogP contribution in [-0.2, 0) is 4.79 Å². The lowest BCUT2D eigenvalue weighted by Gasteiger charge is -2.31. The van der Waals surface area contributed by atoms with Crippen molar-refractivity contribution >= 4 is 5.91 Å². The summed E-state index contributed by atoms with van der Waals surface area (Å²) in [5.41, 5.74) is 1.52. The van der Waals surface area contributed by atoms with Crippen molar-refractivity contribution in [2.24, 2.45) is 0 Å². The van der Waals surface area contributed by atoms with Gasteiger partial charge in [0.05, 0.1) is 13.2 Å². The fraction of sp³-hybridized carbons (Fsp3) is 0.850. The van der Waals surface area contributed by atoms with Crippen molar-refractivity contribution in [1.82, 2.24) is 15.1 Å². The molecule has 2 heterocycles. The summed E-state index contributed by atoms with van der Waals surface area (Å²) < 4.78 is 0. The third kappa shape index (κ3) is 5.53. The summed E-state index contributed by atoms with van der Waals surface area (Å²) in [5, 5.41) is 12.6. The number of hydrogen-bond acceptors (Lipinski definition) is 4. The van der Waals surface area contributed by atoms with Gasteiger partial charge < -0.3 is 10.4 Å². The summed E-state index contributed by atoms with van der Waals surface area (Å²) in [6.45, 7) is 4.70. The molecule has 2 unspecified atom stereocenters. The van der Waals surface area contributed by atoms with E-state index in [1.54, 1.807) is 0 Å². The molecular formula is C20H35N3O2.